The third-order valence-corrected chi connectivity index (χ3v) is 1.77. The lowest BCUT2D eigenvalue weighted by molar-refractivity contribution is 0.112. The Morgan fingerprint density at radius 3 is 2.83 bits per heavy atom. The van der Waals surface area contributed by atoms with Crippen molar-refractivity contribution in [2.24, 2.45) is 5.73 Å². The molecule has 64 valence electrons. The highest BCUT2D eigenvalue weighted by Gasteiger charge is 2.03. The number of nitrogens with zero attached hydrogens (tertiary/aromatic N) is 1. The lowest BCUT2D eigenvalue weighted by Crippen LogP contribution is -2.10. The summed E-state index contributed by atoms with van der Waals surface area (Å²) < 4.78 is 0. The van der Waals surface area contributed by atoms with Crippen LogP contribution in [0, 0.1) is 0 Å². The highest BCUT2D eigenvalue weighted by Crippen LogP contribution is 2.09. The van der Waals surface area contributed by atoms with Gasteiger partial charge in [-0.1, -0.05) is 6.92 Å². The van der Waals surface area contributed by atoms with E-state index in [1.807, 2.05) is 6.92 Å². The molecule has 1 atom stereocenters. The van der Waals surface area contributed by atoms with Gasteiger partial charge in [0.05, 0.1) is 5.69 Å². The van der Waals surface area contributed by atoms with Gasteiger partial charge in [0, 0.05) is 17.8 Å². The largest absolute Gasteiger partial charge is 0.323 e. The highest BCUT2D eigenvalue weighted by molar-refractivity contribution is 5.73. The standard InChI is InChI=1S/C9H12N2O/c1-2-8(10)9-4-3-7(6-12)5-11-9/h3-6,8H,2,10H2,1H3. The van der Waals surface area contributed by atoms with Crippen LogP contribution in [-0.4, -0.2) is 11.3 Å². The third kappa shape index (κ3) is 1.89. The van der Waals surface area contributed by atoms with Crippen molar-refractivity contribution < 1.29 is 4.79 Å². The summed E-state index contributed by atoms with van der Waals surface area (Å²) in [5.74, 6) is 0. The Bertz CT molecular complexity index is 256. The van der Waals surface area contributed by atoms with Crippen molar-refractivity contribution in [2.45, 2.75) is 19.4 Å². The molecule has 12 heavy (non-hydrogen) atoms. The Morgan fingerprint density at radius 2 is 2.42 bits per heavy atom. The third-order valence-electron chi connectivity index (χ3n) is 1.77. The second-order valence-corrected chi connectivity index (χ2v) is 2.65. The van der Waals surface area contributed by atoms with Gasteiger partial charge < -0.3 is 5.73 Å². The van der Waals surface area contributed by atoms with Gasteiger partial charge in [-0.25, -0.2) is 0 Å². The van der Waals surface area contributed by atoms with Crippen molar-refractivity contribution >= 4 is 6.29 Å². The zero-order chi connectivity index (χ0) is 8.97. The van der Waals surface area contributed by atoms with Crippen molar-refractivity contribution in [2.75, 3.05) is 0 Å². The maximum Gasteiger partial charge on any atom is 0.151 e. The van der Waals surface area contributed by atoms with Crippen LogP contribution >= 0.6 is 0 Å². The van der Waals surface area contributed by atoms with Crippen LogP contribution in [0.2, 0.25) is 0 Å². The molecule has 1 unspecified atom stereocenters. The first-order valence-electron chi connectivity index (χ1n) is 3.94. The molecule has 0 aliphatic heterocycles. The van der Waals surface area contributed by atoms with Crippen LogP contribution in [0.3, 0.4) is 0 Å². The molecule has 0 saturated carbocycles. The fourth-order valence-electron chi connectivity index (χ4n) is 0.915. The molecular formula is C9H12N2O. The van der Waals surface area contributed by atoms with Gasteiger partial charge in [-0.3, -0.25) is 9.78 Å². The zero-order valence-electron chi connectivity index (χ0n) is 7.03. The van der Waals surface area contributed by atoms with Crippen LogP contribution in [0.25, 0.3) is 0 Å². The number of nitrogens with two attached hydrogens (primary N) is 1. The predicted molar refractivity (Wildman–Crippen MR) is 46.8 cm³/mol. The Labute approximate surface area is 71.6 Å². The minimum absolute atomic E-state index is 0.0225. The molecule has 0 aliphatic carbocycles. The molecule has 0 bridgehead atoms. The Morgan fingerprint density at radius 1 is 1.67 bits per heavy atom. The summed E-state index contributed by atoms with van der Waals surface area (Å²) in [4.78, 5) is 14.3. The van der Waals surface area contributed by atoms with Gasteiger partial charge in [0.25, 0.3) is 0 Å². The number of carbonyl (C=O) groups excluding carboxylic acids is 1. The first kappa shape index (κ1) is 8.87. The fraction of sp³-hybridized carbons (Fsp3) is 0.333. The van der Waals surface area contributed by atoms with Gasteiger partial charge in [0.2, 0.25) is 0 Å². The van der Waals surface area contributed by atoms with E-state index in [9.17, 15) is 4.79 Å². The van der Waals surface area contributed by atoms with E-state index >= 15 is 0 Å². The predicted octanol–water partition coefficient (Wildman–Crippen LogP) is 1.30. The molecule has 0 fully saturated rings. The molecule has 0 spiro atoms. The molecule has 1 aromatic rings. The molecule has 2 N–H and O–H groups in total. The summed E-state index contributed by atoms with van der Waals surface area (Å²) in [6.45, 7) is 2.00. The normalized spacial score (nSPS) is 12.5. The minimum atomic E-state index is -0.0225. The molecule has 0 radical (unpaired) electrons. The monoisotopic (exact) mass is 164 g/mol. The van der Waals surface area contributed by atoms with E-state index in [1.165, 1.54) is 6.20 Å². The first-order chi connectivity index (χ1) is 5.77. The summed E-state index contributed by atoms with van der Waals surface area (Å²) >= 11 is 0. The molecule has 3 heteroatoms. The fourth-order valence-corrected chi connectivity index (χ4v) is 0.915. The quantitative estimate of drug-likeness (QED) is 0.685. The number of hydrogen-bond acceptors (Lipinski definition) is 3. The second-order valence-electron chi connectivity index (χ2n) is 2.65. The number of aromatic nitrogens is 1. The van der Waals surface area contributed by atoms with Crippen LogP contribution in [0.5, 0.6) is 0 Å². The number of hydrogen-bond donors (Lipinski definition) is 1. The number of pyridine rings is 1. The summed E-state index contributed by atoms with van der Waals surface area (Å²) in [7, 11) is 0. The van der Waals surface area contributed by atoms with Gasteiger partial charge in [0.15, 0.2) is 6.29 Å². The van der Waals surface area contributed by atoms with Crippen LogP contribution in [0.1, 0.15) is 35.4 Å². The maximum absolute atomic E-state index is 10.3. The molecule has 0 aliphatic rings. The van der Waals surface area contributed by atoms with E-state index < -0.39 is 0 Å². The van der Waals surface area contributed by atoms with Gasteiger partial charge in [-0.15, -0.1) is 0 Å². The molecule has 3 nitrogen and oxygen atoms in total. The van der Waals surface area contributed by atoms with Crippen molar-refractivity contribution in [3.8, 4) is 0 Å². The van der Waals surface area contributed by atoms with Gasteiger partial charge in [0.1, 0.15) is 0 Å². The van der Waals surface area contributed by atoms with Crippen molar-refractivity contribution in [3.63, 3.8) is 0 Å². The smallest absolute Gasteiger partial charge is 0.151 e. The van der Waals surface area contributed by atoms with Crippen molar-refractivity contribution in [1.29, 1.82) is 0 Å². The first-order valence-corrected chi connectivity index (χ1v) is 3.94. The average molecular weight is 164 g/mol. The number of rotatable bonds is 3. The van der Waals surface area contributed by atoms with E-state index in [0.29, 0.717) is 5.56 Å². The maximum atomic E-state index is 10.3. The SMILES string of the molecule is CCC(N)c1ccc(C=O)cn1. The highest BCUT2D eigenvalue weighted by atomic mass is 16.1. The number of carbonyl (C=O) groups is 1. The van der Waals surface area contributed by atoms with Crippen LogP contribution < -0.4 is 5.73 Å². The summed E-state index contributed by atoms with van der Waals surface area (Å²) in [5.41, 5.74) is 7.16. The van der Waals surface area contributed by atoms with Crippen LogP contribution in [-0.2, 0) is 0 Å². The van der Waals surface area contributed by atoms with E-state index in [1.54, 1.807) is 12.1 Å². The minimum Gasteiger partial charge on any atom is -0.323 e. The Hall–Kier alpha value is -1.22. The van der Waals surface area contributed by atoms with Gasteiger partial charge in [-0.2, -0.15) is 0 Å². The Kier molecular flexibility index (Phi) is 2.94. The molecule has 1 heterocycles. The molecule has 1 aromatic heterocycles. The van der Waals surface area contributed by atoms with Crippen molar-refractivity contribution in [3.05, 3.63) is 29.6 Å². The van der Waals surface area contributed by atoms with Crippen LogP contribution in [0.4, 0.5) is 0 Å². The van der Waals surface area contributed by atoms with Gasteiger partial charge >= 0.3 is 0 Å². The van der Waals surface area contributed by atoms with E-state index in [0.717, 1.165) is 18.4 Å². The molecule has 1 rings (SSSR count). The van der Waals surface area contributed by atoms with E-state index in [4.69, 9.17) is 5.73 Å². The lowest BCUT2D eigenvalue weighted by Gasteiger charge is -2.06. The molecule has 0 saturated heterocycles. The van der Waals surface area contributed by atoms with Crippen molar-refractivity contribution in [1.82, 2.24) is 4.98 Å². The molecular weight excluding hydrogens is 152 g/mol. The Balaban J connectivity index is 2.84. The summed E-state index contributed by atoms with van der Waals surface area (Å²) in [6, 6.07) is 3.49. The average Bonchev–Trinajstić information content (AvgIpc) is 2.17. The van der Waals surface area contributed by atoms with E-state index in [-0.39, 0.29) is 6.04 Å². The lowest BCUT2D eigenvalue weighted by atomic mass is 10.1. The topological polar surface area (TPSA) is 56.0 Å². The van der Waals surface area contributed by atoms with Crippen LogP contribution in [0.15, 0.2) is 18.3 Å². The molecule has 0 amide bonds. The van der Waals surface area contributed by atoms with E-state index in [2.05, 4.69) is 4.98 Å². The second kappa shape index (κ2) is 3.97. The van der Waals surface area contributed by atoms with Gasteiger partial charge in [-0.05, 0) is 18.6 Å². The summed E-state index contributed by atoms with van der Waals surface area (Å²) in [5, 5.41) is 0. The zero-order valence-corrected chi connectivity index (χ0v) is 7.03. The summed E-state index contributed by atoms with van der Waals surface area (Å²) in [6.07, 6.45) is 3.17. The number of aldehydes is 1. The molecule has 0 aromatic carbocycles.